The zero-order valence-corrected chi connectivity index (χ0v) is 10.2. The molecule has 4 heteroatoms. The molecule has 0 radical (unpaired) electrons. The highest BCUT2D eigenvalue weighted by atomic mass is 79.9. The summed E-state index contributed by atoms with van der Waals surface area (Å²) in [5.74, 6) is 1.50. The van der Waals surface area contributed by atoms with Crippen LogP contribution in [0.15, 0.2) is 22.7 Å². The van der Waals surface area contributed by atoms with E-state index >= 15 is 0 Å². The Morgan fingerprint density at radius 2 is 2.27 bits per heavy atom. The van der Waals surface area contributed by atoms with Crippen molar-refractivity contribution in [1.82, 2.24) is 0 Å². The van der Waals surface area contributed by atoms with Crippen molar-refractivity contribution in [1.29, 1.82) is 5.41 Å². The summed E-state index contributed by atoms with van der Waals surface area (Å²) in [5, 5.41) is 7.84. The zero-order chi connectivity index (χ0) is 10.8. The average molecular weight is 269 g/mol. The third kappa shape index (κ3) is 2.00. The Morgan fingerprint density at radius 3 is 2.87 bits per heavy atom. The number of methoxy groups -OCH3 is 1. The van der Waals surface area contributed by atoms with Crippen LogP contribution in [0.5, 0.6) is 5.75 Å². The van der Waals surface area contributed by atoms with Gasteiger partial charge in [-0.15, -0.1) is 0 Å². The first kappa shape index (κ1) is 10.5. The quantitative estimate of drug-likeness (QED) is 0.895. The van der Waals surface area contributed by atoms with Gasteiger partial charge in [0.25, 0.3) is 0 Å². The van der Waals surface area contributed by atoms with E-state index < -0.39 is 0 Å². The lowest BCUT2D eigenvalue weighted by molar-refractivity contribution is 0.415. The van der Waals surface area contributed by atoms with Crippen LogP contribution in [-0.2, 0) is 0 Å². The van der Waals surface area contributed by atoms with E-state index in [9.17, 15) is 0 Å². The average Bonchev–Trinajstić information content (AvgIpc) is 2.64. The van der Waals surface area contributed by atoms with Crippen LogP contribution in [-0.4, -0.2) is 19.5 Å². The Hall–Kier alpha value is -1.03. The second kappa shape index (κ2) is 4.23. The predicted molar refractivity (Wildman–Crippen MR) is 65.0 cm³/mol. The number of nitrogens with one attached hydrogen (secondary N) is 1. The van der Waals surface area contributed by atoms with Gasteiger partial charge in [-0.3, -0.25) is 5.41 Å². The number of rotatable bonds is 2. The largest absolute Gasteiger partial charge is 0.495 e. The van der Waals surface area contributed by atoms with Gasteiger partial charge in [0.15, 0.2) is 0 Å². The SMILES string of the molecule is COc1ccc(Br)cc1N1CCCC1=N. The van der Waals surface area contributed by atoms with Crippen molar-refractivity contribution >= 4 is 27.5 Å². The maximum atomic E-state index is 7.84. The zero-order valence-electron chi connectivity index (χ0n) is 8.59. The molecule has 1 aromatic rings. The summed E-state index contributed by atoms with van der Waals surface area (Å²) in [6.07, 6.45) is 1.91. The van der Waals surface area contributed by atoms with Crippen molar-refractivity contribution in [2.24, 2.45) is 0 Å². The molecule has 1 aromatic carbocycles. The molecule has 80 valence electrons. The minimum absolute atomic E-state index is 0.673. The molecule has 0 aliphatic carbocycles. The van der Waals surface area contributed by atoms with Crippen LogP contribution in [0.4, 0.5) is 5.69 Å². The molecule has 1 N–H and O–H groups in total. The molecule has 0 aromatic heterocycles. The number of hydrogen-bond acceptors (Lipinski definition) is 2. The minimum atomic E-state index is 0.673. The van der Waals surface area contributed by atoms with Crippen molar-refractivity contribution in [2.75, 3.05) is 18.6 Å². The van der Waals surface area contributed by atoms with E-state index in [2.05, 4.69) is 15.9 Å². The fourth-order valence-corrected chi connectivity index (χ4v) is 2.16. The van der Waals surface area contributed by atoms with Gasteiger partial charge in [0.1, 0.15) is 11.6 Å². The van der Waals surface area contributed by atoms with Gasteiger partial charge in [-0.1, -0.05) is 15.9 Å². The third-order valence-corrected chi connectivity index (χ3v) is 3.05. The van der Waals surface area contributed by atoms with E-state index in [1.165, 1.54) is 0 Å². The lowest BCUT2D eigenvalue weighted by atomic mass is 10.2. The number of amidine groups is 1. The van der Waals surface area contributed by atoms with Gasteiger partial charge < -0.3 is 9.64 Å². The predicted octanol–water partition coefficient (Wildman–Crippen LogP) is 3.04. The number of halogens is 1. The van der Waals surface area contributed by atoms with Crippen LogP contribution >= 0.6 is 15.9 Å². The van der Waals surface area contributed by atoms with Gasteiger partial charge in [-0.2, -0.15) is 0 Å². The molecule has 0 amide bonds. The van der Waals surface area contributed by atoms with Crippen LogP contribution in [0, 0.1) is 5.41 Å². The lowest BCUT2D eigenvalue weighted by Crippen LogP contribution is -2.23. The molecular weight excluding hydrogens is 256 g/mol. The second-order valence-electron chi connectivity index (χ2n) is 3.52. The molecule has 3 nitrogen and oxygen atoms in total. The summed E-state index contributed by atoms with van der Waals surface area (Å²) >= 11 is 3.44. The highest BCUT2D eigenvalue weighted by Gasteiger charge is 2.21. The van der Waals surface area contributed by atoms with E-state index in [4.69, 9.17) is 10.1 Å². The van der Waals surface area contributed by atoms with E-state index in [0.29, 0.717) is 5.84 Å². The Morgan fingerprint density at radius 1 is 1.47 bits per heavy atom. The Bertz CT molecular complexity index is 392. The molecule has 1 saturated heterocycles. The number of hydrogen-bond donors (Lipinski definition) is 1. The van der Waals surface area contributed by atoms with Crippen LogP contribution in [0.2, 0.25) is 0 Å². The molecule has 1 fully saturated rings. The van der Waals surface area contributed by atoms with Crippen molar-refractivity contribution in [3.63, 3.8) is 0 Å². The first-order chi connectivity index (χ1) is 7.22. The molecule has 1 aliphatic rings. The topological polar surface area (TPSA) is 36.3 Å². The highest BCUT2D eigenvalue weighted by Crippen LogP contribution is 2.33. The van der Waals surface area contributed by atoms with E-state index in [1.54, 1.807) is 7.11 Å². The monoisotopic (exact) mass is 268 g/mol. The van der Waals surface area contributed by atoms with E-state index in [-0.39, 0.29) is 0 Å². The Balaban J connectivity index is 2.40. The van der Waals surface area contributed by atoms with Gasteiger partial charge in [0.2, 0.25) is 0 Å². The molecule has 2 rings (SSSR count). The Kier molecular flexibility index (Phi) is 2.95. The number of benzene rings is 1. The summed E-state index contributed by atoms with van der Waals surface area (Å²) in [7, 11) is 1.66. The molecule has 15 heavy (non-hydrogen) atoms. The summed E-state index contributed by atoms with van der Waals surface area (Å²) < 4.78 is 6.31. The van der Waals surface area contributed by atoms with Crippen molar-refractivity contribution in [2.45, 2.75) is 12.8 Å². The van der Waals surface area contributed by atoms with Gasteiger partial charge >= 0.3 is 0 Å². The third-order valence-electron chi connectivity index (χ3n) is 2.55. The second-order valence-corrected chi connectivity index (χ2v) is 4.43. The van der Waals surface area contributed by atoms with Crippen LogP contribution < -0.4 is 9.64 Å². The molecule has 0 spiro atoms. The normalized spacial score (nSPS) is 15.9. The first-order valence-electron chi connectivity index (χ1n) is 4.91. The molecule has 0 saturated carbocycles. The maximum Gasteiger partial charge on any atom is 0.142 e. The summed E-state index contributed by atoms with van der Waals surface area (Å²) in [6, 6.07) is 5.87. The highest BCUT2D eigenvalue weighted by molar-refractivity contribution is 9.10. The standard InChI is InChI=1S/C11H13BrN2O/c1-15-10-5-4-8(12)7-9(10)14-6-2-3-11(14)13/h4-5,7,13H,2-3,6H2,1H3. The van der Waals surface area contributed by atoms with Crippen LogP contribution in [0.1, 0.15) is 12.8 Å². The van der Waals surface area contributed by atoms with E-state index in [0.717, 1.165) is 35.3 Å². The van der Waals surface area contributed by atoms with Crippen LogP contribution in [0.25, 0.3) is 0 Å². The molecule has 0 bridgehead atoms. The van der Waals surface area contributed by atoms with Gasteiger partial charge in [0.05, 0.1) is 12.8 Å². The van der Waals surface area contributed by atoms with Gasteiger partial charge in [0, 0.05) is 17.4 Å². The summed E-state index contributed by atoms with van der Waals surface area (Å²) in [6.45, 7) is 0.908. The Labute approximate surface area is 97.7 Å². The molecule has 1 aliphatic heterocycles. The van der Waals surface area contributed by atoms with Crippen molar-refractivity contribution < 1.29 is 4.74 Å². The van der Waals surface area contributed by atoms with E-state index in [1.807, 2.05) is 23.1 Å². The van der Waals surface area contributed by atoms with Crippen LogP contribution in [0.3, 0.4) is 0 Å². The molecule has 1 heterocycles. The lowest BCUT2D eigenvalue weighted by Gasteiger charge is -2.20. The summed E-state index contributed by atoms with van der Waals surface area (Å²) in [5.41, 5.74) is 0.981. The van der Waals surface area contributed by atoms with Crippen molar-refractivity contribution in [3.05, 3.63) is 22.7 Å². The maximum absolute atomic E-state index is 7.84. The molecule has 0 atom stereocenters. The van der Waals surface area contributed by atoms with Gasteiger partial charge in [-0.25, -0.2) is 0 Å². The van der Waals surface area contributed by atoms with Gasteiger partial charge in [-0.05, 0) is 24.6 Å². The number of ether oxygens (including phenoxy) is 1. The fourth-order valence-electron chi connectivity index (χ4n) is 1.81. The fraction of sp³-hybridized carbons (Fsp3) is 0.364. The smallest absolute Gasteiger partial charge is 0.142 e. The molecular formula is C11H13BrN2O. The van der Waals surface area contributed by atoms with Crippen molar-refractivity contribution in [3.8, 4) is 5.75 Å². The number of anilines is 1. The number of nitrogens with zero attached hydrogens (tertiary/aromatic N) is 1. The minimum Gasteiger partial charge on any atom is -0.495 e. The summed E-state index contributed by atoms with van der Waals surface area (Å²) in [4.78, 5) is 2.00. The molecule has 0 unspecified atom stereocenters. The first-order valence-corrected chi connectivity index (χ1v) is 5.70.